The topological polar surface area (TPSA) is 68.3 Å². The van der Waals surface area contributed by atoms with Gasteiger partial charge in [0.1, 0.15) is 5.75 Å². The van der Waals surface area contributed by atoms with E-state index in [0.29, 0.717) is 56.1 Å². The molecule has 3 aliphatic rings. The lowest BCUT2D eigenvalue weighted by molar-refractivity contribution is -0.181. The molecular weight excluding hydrogens is 324 g/mol. The van der Waals surface area contributed by atoms with Gasteiger partial charge in [-0.15, -0.1) is 0 Å². The van der Waals surface area contributed by atoms with Crippen LogP contribution >= 0.6 is 0 Å². The minimum absolute atomic E-state index is 0.0462. The predicted octanol–water partition coefficient (Wildman–Crippen LogP) is 1.41. The summed E-state index contributed by atoms with van der Waals surface area (Å²) >= 11 is 0. The molecule has 134 valence electrons. The third-order valence-electron chi connectivity index (χ3n) is 5.18. The van der Waals surface area contributed by atoms with Crippen LogP contribution in [-0.4, -0.2) is 62.0 Å². The summed E-state index contributed by atoms with van der Waals surface area (Å²) in [5, 5.41) is 0. The van der Waals surface area contributed by atoms with E-state index in [4.69, 9.17) is 14.2 Å². The molecule has 0 aliphatic carbocycles. The zero-order valence-corrected chi connectivity index (χ0v) is 14.5. The van der Waals surface area contributed by atoms with Crippen LogP contribution in [0.1, 0.15) is 30.1 Å². The number of carbonyl (C=O) groups excluding carboxylic acids is 2. The van der Waals surface area contributed by atoms with Gasteiger partial charge in [-0.05, 0) is 25.1 Å². The van der Waals surface area contributed by atoms with Gasteiger partial charge < -0.3 is 24.0 Å². The highest BCUT2D eigenvalue weighted by atomic mass is 16.7. The molecule has 7 nitrogen and oxygen atoms in total. The lowest BCUT2D eigenvalue weighted by Crippen LogP contribution is -2.47. The highest BCUT2D eigenvalue weighted by Crippen LogP contribution is 2.35. The van der Waals surface area contributed by atoms with E-state index in [9.17, 15) is 9.59 Å². The maximum atomic E-state index is 12.8. The monoisotopic (exact) mass is 346 g/mol. The zero-order chi connectivity index (χ0) is 17.6. The Labute approximate surface area is 146 Å². The number of likely N-dealkylation sites (N-methyl/N-ethyl adjacent to an activating group) is 1. The Hall–Kier alpha value is -2.12. The number of hydrogen-bond acceptors (Lipinski definition) is 5. The summed E-state index contributed by atoms with van der Waals surface area (Å²) < 4.78 is 17.0. The number of rotatable bonds is 1. The van der Waals surface area contributed by atoms with Crippen molar-refractivity contribution in [2.24, 2.45) is 0 Å². The SMILES string of the molecule is CC1Oc2ccc(C(=O)N3CCC4(CC3)OCCO4)cc2N(C)C1=O. The molecule has 2 fully saturated rings. The van der Waals surface area contributed by atoms with Crippen molar-refractivity contribution < 1.29 is 23.8 Å². The normalized spacial score (nSPS) is 25.0. The number of anilines is 1. The van der Waals surface area contributed by atoms with Crippen molar-refractivity contribution in [2.75, 3.05) is 38.3 Å². The minimum Gasteiger partial charge on any atom is -0.479 e. The van der Waals surface area contributed by atoms with Crippen LogP contribution in [0.5, 0.6) is 5.75 Å². The molecule has 1 aromatic rings. The van der Waals surface area contributed by atoms with E-state index in [-0.39, 0.29) is 11.8 Å². The van der Waals surface area contributed by atoms with E-state index in [1.54, 1.807) is 37.1 Å². The molecule has 1 atom stereocenters. The Bertz CT molecular complexity index is 703. The highest BCUT2D eigenvalue weighted by Gasteiger charge is 2.41. The van der Waals surface area contributed by atoms with E-state index >= 15 is 0 Å². The maximum Gasteiger partial charge on any atom is 0.267 e. The first kappa shape index (κ1) is 16.4. The third kappa shape index (κ3) is 2.77. The quantitative estimate of drug-likeness (QED) is 0.769. The van der Waals surface area contributed by atoms with Crippen LogP contribution < -0.4 is 9.64 Å². The zero-order valence-electron chi connectivity index (χ0n) is 14.5. The summed E-state index contributed by atoms with van der Waals surface area (Å²) in [7, 11) is 1.70. The second kappa shape index (κ2) is 6.00. The summed E-state index contributed by atoms with van der Waals surface area (Å²) in [5.41, 5.74) is 1.19. The molecule has 25 heavy (non-hydrogen) atoms. The molecule has 2 saturated heterocycles. The minimum atomic E-state index is -0.510. The fourth-order valence-electron chi connectivity index (χ4n) is 3.66. The van der Waals surface area contributed by atoms with E-state index < -0.39 is 11.9 Å². The lowest BCUT2D eigenvalue weighted by Gasteiger charge is -2.37. The molecule has 7 heteroatoms. The van der Waals surface area contributed by atoms with E-state index in [0.717, 1.165) is 0 Å². The molecular formula is C18H22N2O5. The van der Waals surface area contributed by atoms with Crippen molar-refractivity contribution in [3.8, 4) is 5.75 Å². The number of fused-ring (bicyclic) bond motifs is 1. The molecule has 0 aromatic heterocycles. The molecule has 0 N–H and O–H groups in total. The van der Waals surface area contributed by atoms with Gasteiger partial charge in [0.15, 0.2) is 11.9 Å². The lowest BCUT2D eigenvalue weighted by atomic mass is 10.0. The number of carbonyl (C=O) groups is 2. The van der Waals surface area contributed by atoms with Gasteiger partial charge in [-0.1, -0.05) is 0 Å². The molecule has 4 rings (SSSR count). The van der Waals surface area contributed by atoms with Crippen molar-refractivity contribution in [1.29, 1.82) is 0 Å². The molecule has 1 aromatic carbocycles. The van der Waals surface area contributed by atoms with E-state index in [2.05, 4.69) is 0 Å². The predicted molar refractivity (Wildman–Crippen MR) is 89.7 cm³/mol. The second-order valence-corrected chi connectivity index (χ2v) is 6.74. The first-order chi connectivity index (χ1) is 12.0. The largest absolute Gasteiger partial charge is 0.479 e. The first-order valence-corrected chi connectivity index (χ1v) is 8.65. The summed E-state index contributed by atoms with van der Waals surface area (Å²) in [4.78, 5) is 28.3. The molecule has 0 bridgehead atoms. The molecule has 1 unspecified atom stereocenters. The number of nitrogens with zero attached hydrogens (tertiary/aromatic N) is 2. The van der Waals surface area contributed by atoms with Gasteiger partial charge in [0.2, 0.25) is 0 Å². The number of likely N-dealkylation sites (tertiary alicyclic amines) is 1. The number of amides is 2. The fraction of sp³-hybridized carbons (Fsp3) is 0.556. The van der Waals surface area contributed by atoms with Crippen LogP contribution in [0.25, 0.3) is 0 Å². The van der Waals surface area contributed by atoms with E-state index in [1.807, 2.05) is 4.90 Å². The Morgan fingerprint density at radius 2 is 1.88 bits per heavy atom. The Balaban J connectivity index is 1.51. The van der Waals surface area contributed by atoms with Gasteiger partial charge in [-0.25, -0.2) is 0 Å². The molecule has 0 radical (unpaired) electrons. The molecule has 3 heterocycles. The van der Waals surface area contributed by atoms with Gasteiger partial charge in [0.05, 0.1) is 18.9 Å². The van der Waals surface area contributed by atoms with Crippen LogP contribution in [0.15, 0.2) is 18.2 Å². The smallest absolute Gasteiger partial charge is 0.267 e. The van der Waals surface area contributed by atoms with Crippen LogP contribution in [0, 0.1) is 0 Å². The number of hydrogen-bond donors (Lipinski definition) is 0. The fourth-order valence-corrected chi connectivity index (χ4v) is 3.66. The van der Waals surface area contributed by atoms with Crippen molar-refractivity contribution in [3.63, 3.8) is 0 Å². The summed E-state index contributed by atoms with van der Waals surface area (Å²) in [5.74, 6) is -0.0392. The van der Waals surface area contributed by atoms with Gasteiger partial charge in [0, 0.05) is 38.5 Å². The molecule has 1 spiro atoms. The van der Waals surface area contributed by atoms with Crippen LogP contribution in [0.2, 0.25) is 0 Å². The summed E-state index contributed by atoms with van der Waals surface area (Å²) in [6, 6.07) is 5.25. The summed E-state index contributed by atoms with van der Waals surface area (Å²) in [6.45, 7) is 4.16. The van der Waals surface area contributed by atoms with Gasteiger partial charge >= 0.3 is 0 Å². The van der Waals surface area contributed by atoms with Crippen molar-refractivity contribution in [2.45, 2.75) is 31.7 Å². The number of piperidine rings is 1. The Morgan fingerprint density at radius 3 is 2.56 bits per heavy atom. The second-order valence-electron chi connectivity index (χ2n) is 6.74. The van der Waals surface area contributed by atoms with Crippen LogP contribution in [-0.2, 0) is 14.3 Å². The number of benzene rings is 1. The van der Waals surface area contributed by atoms with Crippen LogP contribution in [0.3, 0.4) is 0 Å². The third-order valence-corrected chi connectivity index (χ3v) is 5.18. The highest BCUT2D eigenvalue weighted by molar-refractivity contribution is 6.02. The average Bonchev–Trinajstić information content (AvgIpc) is 3.08. The Morgan fingerprint density at radius 1 is 1.20 bits per heavy atom. The molecule has 3 aliphatic heterocycles. The molecule has 2 amide bonds. The van der Waals surface area contributed by atoms with Crippen molar-refractivity contribution in [3.05, 3.63) is 23.8 Å². The van der Waals surface area contributed by atoms with Gasteiger partial charge in [-0.3, -0.25) is 9.59 Å². The standard InChI is InChI=1S/C18H22N2O5/c1-12-16(21)19(2)14-11-13(3-4-15(14)25-12)17(22)20-7-5-18(6-8-20)23-9-10-24-18/h3-4,11-12H,5-10H2,1-2H3. The van der Waals surface area contributed by atoms with Crippen LogP contribution in [0.4, 0.5) is 5.69 Å². The Kier molecular flexibility index (Phi) is 3.92. The number of ether oxygens (including phenoxy) is 3. The van der Waals surface area contributed by atoms with Crippen molar-refractivity contribution >= 4 is 17.5 Å². The van der Waals surface area contributed by atoms with Gasteiger partial charge in [-0.2, -0.15) is 0 Å². The average molecular weight is 346 g/mol. The van der Waals surface area contributed by atoms with Gasteiger partial charge in [0.25, 0.3) is 11.8 Å². The molecule has 0 saturated carbocycles. The van der Waals surface area contributed by atoms with Crippen molar-refractivity contribution in [1.82, 2.24) is 4.90 Å². The first-order valence-electron chi connectivity index (χ1n) is 8.65. The maximum absolute atomic E-state index is 12.8. The summed E-state index contributed by atoms with van der Waals surface area (Å²) in [6.07, 6.45) is 0.856. The van der Waals surface area contributed by atoms with E-state index in [1.165, 1.54) is 0 Å².